The SMILES string of the molecule is FC(F)(F)c1ccc(-c2nc3ncccn3c2NC2CCCCC2)cc1. The summed E-state index contributed by atoms with van der Waals surface area (Å²) < 4.78 is 40.4. The standard InChI is InChI=1S/C19H19F3N4/c20-19(21,22)14-9-7-13(8-10-14)16-17(24-15-5-2-1-3-6-15)26-12-4-11-23-18(26)25-16/h4,7-12,15,24H,1-3,5-6H2. The largest absolute Gasteiger partial charge is 0.416 e. The van der Waals surface area contributed by atoms with Crippen molar-refractivity contribution in [1.82, 2.24) is 14.4 Å². The van der Waals surface area contributed by atoms with Gasteiger partial charge in [-0.3, -0.25) is 4.40 Å². The smallest absolute Gasteiger partial charge is 0.367 e. The first-order valence-corrected chi connectivity index (χ1v) is 8.79. The number of alkyl halides is 3. The number of halogens is 3. The first-order valence-electron chi connectivity index (χ1n) is 8.79. The summed E-state index contributed by atoms with van der Waals surface area (Å²) in [6.07, 6.45) is 4.96. The molecule has 1 aliphatic carbocycles. The zero-order valence-electron chi connectivity index (χ0n) is 14.1. The molecule has 1 N–H and O–H groups in total. The van der Waals surface area contributed by atoms with Crippen LogP contribution in [0.15, 0.2) is 42.7 Å². The van der Waals surface area contributed by atoms with Crippen LogP contribution in [0, 0.1) is 0 Å². The van der Waals surface area contributed by atoms with Gasteiger partial charge in [-0.25, -0.2) is 9.97 Å². The van der Waals surface area contributed by atoms with Crippen LogP contribution < -0.4 is 5.32 Å². The summed E-state index contributed by atoms with van der Waals surface area (Å²) in [6, 6.07) is 7.29. The molecule has 0 radical (unpaired) electrons. The monoisotopic (exact) mass is 360 g/mol. The number of anilines is 1. The van der Waals surface area contributed by atoms with Gasteiger partial charge in [0.25, 0.3) is 0 Å². The van der Waals surface area contributed by atoms with E-state index in [4.69, 9.17) is 0 Å². The van der Waals surface area contributed by atoms with Crippen molar-refractivity contribution in [2.45, 2.75) is 44.3 Å². The highest BCUT2D eigenvalue weighted by molar-refractivity contribution is 5.76. The summed E-state index contributed by atoms with van der Waals surface area (Å²) in [4.78, 5) is 8.82. The summed E-state index contributed by atoms with van der Waals surface area (Å²) in [5.74, 6) is 1.32. The Balaban J connectivity index is 1.75. The van der Waals surface area contributed by atoms with Crippen LogP contribution in [0.25, 0.3) is 17.0 Å². The predicted octanol–water partition coefficient (Wildman–Crippen LogP) is 5.16. The number of nitrogens with zero attached hydrogens (tertiary/aromatic N) is 3. The molecule has 0 atom stereocenters. The van der Waals surface area contributed by atoms with Crippen molar-refractivity contribution in [1.29, 1.82) is 0 Å². The second-order valence-corrected chi connectivity index (χ2v) is 6.65. The maximum absolute atomic E-state index is 12.8. The van der Waals surface area contributed by atoms with Gasteiger partial charge in [0.1, 0.15) is 11.5 Å². The zero-order valence-corrected chi connectivity index (χ0v) is 14.1. The van der Waals surface area contributed by atoms with Crippen LogP contribution in [-0.4, -0.2) is 20.4 Å². The minimum absolute atomic E-state index is 0.344. The highest BCUT2D eigenvalue weighted by Gasteiger charge is 2.30. The molecule has 0 saturated heterocycles. The Morgan fingerprint density at radius 1 is 1.04 bits per heavy atom. The van der Waals surface area contributed by atoms with E-state index in [1.165, 1.54) is 31.4 Å². The molecule has 26 heavy (non-hydrogen) atoms. The van der Waals surface area contributed by atoms with Crippen LogP contribution in [-0.2, 0) is 6.18 Å². The average molecular weight is 360 g/mol. The molecule has 0 amide bonds. The van der Waals surface area contributed by atoms with Gasteiger partial charge in [0.05, 0.1) is 5.56 Å². The van der Waals surface area contributed by atoms with Crippen LogP contribution in [0.2, 0.25) is 0 Å². The Bertz CT molecular complexity index is 893. The maximum atomic E-state index is 12.8. The molecule has 2 aromatic heterocycles. The molecule has 1 aromatic carbocycles. The molecule has 136 valence electrons. The van der Waals surface area contributed by atoms with E-state index >= 15 is 0 Å². The highest BCUT2D eigenvalue weighted by atomic mass is 19.4. The van der Waals surface area contributed by atoms with Crippen LogP contribution >= 0.6 is 0 Å². The molecule has 0 unspecified atom stereocenters. The molecule has 2 heterocycles. The second kappa shape index (κ2) is 6.63. The fraction of sp³-hybridized carbons (Fsp3) is 0.368. The molecule has 0 aliphatic heterocycles. The van der Waals surface area contributed by atoms with E-state index in [-0.39, 0.29) is 0 Å². The molecule has 7 heteroatoms. The minimum Gasteiger partial charge on any atom is -0.367 e. The lowest BCUT2D eigenvalue weighted by Crippen LogP contribution is -2.23. The topological polar surface area (TPSA) is 42.2 Å². The number of hydrogen-bond acceptors (Lipinski definition) is 3. The van der Waals surface area contributed by atoms with E-state index in [1.807, 2.05) is 16.7 Å². The van der Waals surface area contributed by atoms with Gasteiger partial charge in [0.2, 0.25) is 5.78 Å². The van der Waals surface area contributed by atoms with E-state index < -0.39 is 11.7 Å². The molecular weight excluding hydrogens is 341 g/mol. The number of imidazole rings is 1. The van der Waals surface area contributed by atoms with Crippen molar-refractivity contribution in [3.8, 4) is 11.3 Å². The van der Waals surface area contributed by atoms with Crippen molar-refractivity contribution in [2.75, 3.05) is 5.32 Å². The zero-order chi connectivity index (χ0) is 18.1. The average Bonchev–Trinajstić information content (AvgIpc) is 3.01. The number of rotatable bonds is 3. The fourth-order valence-electron chi connectivity index (χ4n) is 3.48. The van der Waals surface area contributed by atoms with E-state index in [0.717, 1.165) is 30.8 Å². The Morgan fingerprint density at radius 3 is 2.46 bits per heavy atom. The summed E-state index contributed by atoms with van der Waals surface area (Å²) in [6.45, 7) is 0. The van der Waals surface area contributed by atoms with Crippen molar-refractivity contribution in [2.24, 2.45) is 0 Å². The summed E-state index contributed by atoms with van der Waals surface area (Å²) in [5.41, 5.74) is 0.606. The molecule has 0 spiro atoms. The van der Waals surface area contributed by atoms with Crippen LogP contribution in [0.5, 0.6) is 0 Å². The van der Waals surface area contributed by atoms with E-state index in [9.17, 15) is 13.2 Å². The third-order valence-electron chi connectivity index (χ3n) is 4.84. The number of aromatic nitrogens is 3. The molecule has 3 aromatic rings. The van der Waals surface area contributed by atoms with Crippen molar-refractivity contribution in [3.63, 3.8) is 0 Å². The van der Waals surface area contributed by atoms with Gasteiger partial charge in [0, 0.05) is 24.0 Å². The van der Waals surface area contributed by atoms with Crippen LogP contribution in [0.4, 0.5) is 19.0 Å². The quantitative estimate of drug-likeness (QED) is 0.701. The van der Waals surface area contributed by atoms with Gasteiger partial charge >= 0.3 is 6.18 Å². The minimum atomic E-state index is -4.35. The van der Waals surface area contributed by atoms with Gasteiger partial charge < -0.3 is 5.32 Å². The number of hydrogen-bond donors (Lipinski definition) is 1. The Kier molecular flexibility index (Phi) is 4.30. The fourth-order valence-corrected chi connectivity index (χ4v) is 3.48. The Labute approximate surface area is 149 Å². The number of nitrogens with one attached hydrogen (secondary N) is 1. The maximum Gasteiger partial charge on any atom is 0.416 e. The van der Waals surface area contributed by atoms with Crippen LogP contribution in [0.3, 0.4) is 0 Å². The third kappa shape index (κ3) is 3.25. The van der Waals surface area contributed by atoms with Crippen molar-refractivity contribution in [3.05, 3.63) is 48.3 Å². The van der Waals surface area contributed by atoms with Gasteiger partial charge in [-0.2, -0.15) is 13.2 Å². The first kappa shape index (κ1) is 16.9. The molecule has 4 nitrogen and oxygen atoms in total. The lowest BCUT2D eigenvalue weighted by molar-refractivity contribution is -0.137. The summed E-state index contributed by atoms with van der Waals surface area (Å²) >= 11 is 0. The third-order valence-corrected chi connectivity index (χ3v) is 4.84. The molecule has 4 rings (SSSR count). The summed E-state index contributed by atoms with van der Waals surface area (Å²) in [7, 11) is 0. The Morgan fingerprint density at radius 2 is 1.77 bits per heavy atom. The van der Waals surface area contributed by atoms with E-state index in [1.54, 1.807) is 6.20 Å². The number of fused-ring (bicyclic) bond motifs is 1. The first-order chi connectivity index (χ1) is 12.5. The van der Waals surface area contributed by atoms with Crippen LogP contribution in [0.1, 0.15) is 37.7 Å². The molecule has 1 saturated carbocycles. The molecular formula is C19H19F3N4. The van der Waals surface area contributed by atoms with Crippen molar-refractivity contribution >= 4 is 11.6 Å². The second-order valence-electron chi connectivity index (χ2n) is 6.65. The van der Waals surface area contributed by atoms with Crippen molar-refractivity contribution < 1.29 is 13.2 Å². The van der Waals surface area contributed by atoms with Gasteiger partial charge in [-0.15, -0.1) is 0 Å². The van der Waals surface area contributed by atoms with E-state index in [0.29, 0.717) is 23.1 Å². The van der Waals surface area contributed by atoms with Gasteiger partial charge in [0.15, 0.2) is 0 Å². The summed E-state index contributed by atoms with van der Waals surface area (Å²) in [5, 5.41) is 3.55. The predicted molar refractivity (Wildman–Crippen MR) is 93.9 cm³/mol. The van der Waals surface area contributed by atoms with Gasteiger partial charge in [-0.1, -0.05) is 31.4 Å². The number of benzene rings is 1. The Hall–Kier alpha value is -2.57. The lowest BCUT2D eigenvalue weighted by Gasteiger charge is -2.24. The molecule has 1 aliphatic rings. The van der Waals surface area contributed by atoms with Gasteiger partial charge in [-0.05, 0) is 31.0 Å². The highest BCUT2D eigenvalue weighted by Crippen LogP contribution is 2.34. The molecule has 0 bridgehead atoms. The molecule has 1 fully saturated rings. The normalized spacial score (nSPS) is 16.1. The van der Waals surface area contributed by atoms with E-state index in [2.05, 4.69) is 15.3 Å². The lowest BCUT2D eigenvalue weighted by atomic mass is 9.95.